The predicted molar refractivity (Wildman–Crippen MR) is 115 cm³/mol. The maximum Gasteiger partial charge on any atom is 0.264 e. The summed E-state index contributed by atoms with van der Waals surface area (Å²) < 4.78 is 16.6. The second kappa shape index (κ2) is 11.1. The molecule has 8 heteroatoms. The predicted octanol–water partition coefficient (Wildman–Crippen LogP) is 3.33. The van der Waals surface area contributed by atoms with E-state index in [1.54, 1.807) is 13.0 Å². The van der Waals surface area contributed by atoms with Crippen molar-refractivity contribution in [2.24, 2.45) is 7.05 Å². The molecule has 158 valence electrons. The van der Waals surface area contributed by atoms with Gasteiger partial charge in [-0.2, -0.15) is 0 Å². The van der Waals surface area contributed by atoms with Gasteiger partial charge in [0.1, 0.15) is 11.2 Å². The lowest BCUT2D eigenvalue weighted by Crippen LogP contribution is -2.27. The molecule has 29 heavy (non-hydrogen) atoms. The summed E-state index contributed by atoms with van der Waals surface area (Å²) in [6.45, 7) is 9.61. The Bertz CT molecular complexity index is 1070. The minimum Gasteiger partial charge on any atom is -0.395 e. The Hall–Kier alpha value is -3.00. The normalized spacial score (nSPS) is 9.93. The standard InChI is InChI=1S/C17H17FN4O3.2C2H6/c1-10-3-4-12(11(18)7-10)20-13-8-14(24)21(2)16-15(13)17(25)22(5-6-23)9-19-16;2*1-2/h3-4,7-9,20,23H,5-6H2,1-2H3;2*1-2H3. The molecule has 0 atom stereocenters. The van der Waals surface area contributed by atoms with Gasteiger partial charge in [0.15, 0.2) is 5.65 Å². The average molecular weight is 404 g/mol. The van der Waals surface area contributed by atoms with Crippen LogP contribution in [0.1, 0.15) is 33.3 Å². The SMILES string of the molecule is CC.CC.Cc1ccc(Nc2cc(=O)n(C)c3ncn(CCO)c(=O)c23)c(F)c1. The van der Waals surface area contributed by atoms with Crippen LogP contribution in [0, 0.1) is 12.7 Å². The Balaban J connectivity index is 0.000000989. The van der Waals surface area contributed by atoms with Crippen LogP contribution in [0.2, 0.25) is 0 Å². The summed E-state index contributed by atoms with van der Waals surface area (Å²) in [5.74, 6) is -0.492. The highest BCUT2D eigenvalue weighted by Crippen LogP contribution is 2.23. The van der Waals surface area contributed by atoms with Crippen molar-refractivity contribution in [2.75, 3.05) is 11.9 Å². The number of hydrogen-bond acceptors (Lipinski definition) is 5. The van der Waals surface area contributed by atoms with E-state index in [-0.39, 0.29) is 41.1 Å². The van der Waals surface area contributed by atoms with E-state index in [0.29, 0.717) is 0 Å². The van der Waals surface area contributed by atoms with Crippen molar-refractivity contribution in [1.29, 1.82) is 0 Å². The molecular formula is C21H29FN4O3. The van der Waals surface area contributed by atoms with Crippen LogP contribution in [-0.2, 0) is 13.6 Å². The van der Waals surface area contributed by atoms with Crippen molar-refractivity contribution in [3.05, 3.63) is 62.7 Å². The first-order valence-corrected chi connectivity index (χ1v) is 9.65. The van der Waals surface area contributed by atoms with Gasteiger partial charge in [0.25, 0.3) is 11.1 Å². The largest absolute Gasteiger partial charge is 0.395 e. The zero-order valence-corrected chi connectivity index (χ0v) is 17.8. The molecule has 0 unspecified atom stereocenters. The first-order chi connectivity index (χ1) is 13.9. The van der Waals surface area contributed by atoms with Gasteiger partial charge in [-0.1, -0.05) is 33.8 Å². The molecule has 0 fully saturated rings. The number of pyridine rings is 1. The van der Waals surface area contributed by atoms with Crippen LogP contribution in [0.4, 0.5) is 15.8 Å². The summed E-state index contributed by atoms with van der Waals surface area (Å²) in [4.78, 5) is 29.0. The third kappa shape index (κ3) is 5.29. The number of rotatable bonds is 4. The second-order valence-corrected chi connectivity index (χ2v) is 5.73. The first-order valence-electron chi connectivity index (χ1n) is 9.65. The lowest BCUT2D eigenvalue weighted by atomic mass is 10.2. The van der Waals surface area contributed by atoms with Crippen molar-refractivity contribution in [3.8, 4) is 0 Å². The number of aryl methyl sites for hydroxylation is 2. The number of nitrogens with one attached hydrogen (secondary N) is 1. The van der Waals surface area contributed by atoms with Gasteiger partial charge in [0.05, 0.1) is 30.9 Å². The van der Waals surface area contributed by atoms with Gasteiger partial charge in [-0.3, -0.25) is 18.7 Å². The van der Waals surface area contributed by atoms with Crippen molar-refractivity contribution in [1.82, 2.24) is 14.1 Å². The fraction of sp³-hybridized carbons (Fsp3) is 0.381. The van der Waals surface area contributed by atoms with Crippen molar-refractivity contribution in [3.63, 3.8) is 0 Å². The first kappa shape index (κ1) is 24.0. The van der Waals surface area contributed by atoms with Gasteiger partial charge in [-0.15, -0.1) is 0 Å². The molecule has 0 spiro atoms. The van der Waals surface area contributed by atoms with Crippen LogP contribution in [0.3, 0.4) is 0 Å². The van der Waals surface area contributed by atoms with E-state index in [9.17, 15) is 14.0 Å². The summed E-state index contributed by atoms with van der Waals surface area (Å²) in [5, 5.41) is 12.0. The average Bonchev–Trinajstić information content (AvgIpc) is 2.72. The van der Waals surface area contributed by atoms with Crippen LogP contribution >= 0.6 is 0 Å². The molecule has 0 radical (unpaired) electrons. The van der Waals surface area contributed by atoms with E-state index < -0.39 is 11.4 Å². The lowest BCUT2D eigenvalue weighted by Gasteiger charge is -2.13. The molecule has 3 rings (SSSR count). The Kier molecular flexibility index (Phi) is 9.21. The van der Waals surface area contributed by atoms with Crippen molar-refractivity contribution < 1.29 is 9.50 Å². The van der Waals surface area contributed by atoms with E-state index in [2.05, 4.69) is 10.3 Å². The zero-order chi connectivity index (χ0) is 22.1. The van der Waals surface area contributed by atoms with Crippen LogP contribution in [-0.4, -0.2) is 25.8 Å². The zero-order valence-electron chi connectivity index (χ0n) is 17.8. The highest BCUT2D eigenvalue weighted by atomic mass is 19.1. The number of fused-ring (bicyclic) bond motifs is 1. The minimum absolute atomic E-state index is 0.0724. The van der Waals surface area contributed by atoms with E-state index in [1.807, 2.05) is 27.7 Å². The molecule has 0 aliphatic carbocycles. The van der Waals surface area contributed by atoms with Crippen molar-refractivity contribution >= 4 is 22.4 Å². The number of anilines is 2. The number of benzene rings is 1. The Morgan fingerprint density at radius 3 is 2.34 bits per heavy atom. The number of hydrogen-bond donors (Lipinski definition) is 2. The molecule has 7 nitrogen and oxygen atoms in total. The highest BCUT2D eigenvalue weighted by Gasteiger charge is 2.15. The third-order valence-electron chi connectivity index (χ3n) is 3.94. The molecule has 2 heterocycles. The summed E-state index contributed by atoms with van der Waals surface area (Å²) >= 11 is 0. The Morgan fingerprint density at radius 1 is 1.10 bits per heavy atom. The van der Waals surface area contributed by atoms with E-state index >= 15 is 0 Å². The van der Waals surface area contributed by atoms with Crippen LogP contribution in [0.25, 0.3) is 11.0 Å². The molecular weight excluding hydrogens is 375 g/mol. The van der Waals surface area contributed by atoms with E-state index in [4.69, 9.17) is 5.11 Å². The molecule has 0 bridgehead atoms. The maximum atomic E-state index is 14.1. The quantitative estimate of drug-likeness (QED) is 0.696. The molecule has 0 saturated carbocycles. The van der Waals surface area contributed by atoms with Crippen LogP contribution in [0.15, 0.2) is 40.2 Å². The van der Waals surface area contributed by atoms with E-state index in [0.717, 1.165) is 5.56 Å². The summed E-state index contributed by atoms with van der Waals surface area (Å²) in [6, 6.07) is 5.84. The molecule has 3 aromatic rings. The Labute approximate surface area is 169 Å². The topological polar surface area (TPSA) is 89.2 Å². The molecule has 0 saturated heterocycles. The van der Waals surface area contributed by atoms with Gasteiger partial charge in [0.2, 0.25) is 0 Å². The number of aliphatic hydroxyl groups excluding tert-OH is 1. The van der Waals surface area contributed by atoms with Crippen molar-refractivity contribution in [2.45, 2.75) is 41.2 Å². The molecule has 2 N–H and O–H groups in total. The smallest absolute Gasteiger partial charge is 0.264 e. The fourth-order valence-corrected chi connectivity index (χ4v) is 2.60. The van der Waals surface area contributed by atoms with Gasteiger partial charge in [-0.05, 0) is 24.6 Å². The minimum atomic E-state index is -0.492. The third-order valence-corrected chi connectivity index (χ3v) is 3.94. The maximum absolute atomic E-state index is 14.1. The second-order valence-electron chi connectivity index (χ2n) is 5.73. The van der Waals surface area contributed by atoms with Gasteiger partial charge >= 0.3 is 0 Å². The summed E-state index contributed by atoms with van der Waals surface area (Å²) in [6.07, 6.45) is 1.27. The van der Waals surface area contributed by atoms with Crippen LogP contribution in [0.5, 0.6) is 0 Å². The molecule has 0 aliphatic rings. The Morgan fingerprint density at radius 2 is 1.76 bits per heavy atom. The molecule has 0 amide bonds. The number of aliphatic hydroxyl groups is 1. The van der Waals surface area contributed by atoms with E-state index in [1.165, 1.54) is 40.7 Å². The fourth-order valence-electron chi connectivity index (χ4n) is 2.60. The van der Waals surface area contributed by atoms with Crippen LogP contribution < -0.4 is 16.4 Å². The van der Waals surface area contributed by atoms with Gasteiger partial charge in [0, 0.05) is 13.1 Å². The van der Waals surface area contributed by atoms with Gasteiger partial charge in [-0.25, -0.2) is 9.37 Å². The molecule has 0 aliphatic heterocycles. The molecule has 2 aromatic heterocycles. The van der Waals surface area contributed by atoms with Gasteiger partial charge < -0.3 is 10.4 Å². The summed E-state index contributed by atoms with van der Waals surface area (Å²) in [7, 11) is 1.50. The monoisotopic (exact) mass is 404 g/mol. The number of aromatic nitrogens is 3. The lowest BCUT2D eigenvalue weighted by molar-refractivity contribution is 0.274. The molecule has 1 aromatic carbocycles. The number of halogens is 1. The summed E-state index contributed by atoms with van der Waals surface area (Å²) in [5.41, 5.74) is 0.451. The number of nitrogens with zero attached hydrogens (tertiary/aromatic N) is 3. The highest BCUT2D eigenvalue weighted by molar-refractivity contribution is 5.90.